The van der Waals surface area contributed by atoms with E-state index in [2.05, 4.69) is 10.3 Å². The molecule has 7 nitrogen and oxygen atoms in total. The number of hydrogen-bond donors (Lipinski definition) is 3. The molecule has 18 heavy (non-hydrogen) atoms. The van der Waals surface area contributed by atoms with Gasteiger partial charge in [0.25, 0.3) is 0 Å². The predicted molar refractivity (Wildman–Crippen MR) is 62.9 cm³/mol. The first-order valence-electron chi connectivity index (χ1n) is 5.25. The summed E-state index contributed by atoms with van der Waals surface area (Å²) in [6, 6.07) is 2.23. The number of carbonyl (C=O) groups is 2. The lowest BCUT2D eigenvalue weighted by Crippen LogP contribution is -2.43. The number of nitrogens with one attached hydrogen (secondary N) is 1. The summed E-state index contributed by atoms with van der Waals surface area (Å²) in [6.07, 6.45) is 1.39. The van der Waals surface area contributed by atoms with Gasteiger partial charge in [-0.15, -0.1) is 0 Å². The first kappa shape index (κ1) is 14.1. The van der Waals surface area contributed by atoms with Crippen LogP contribution >= 0.6 is 0 Å². The van der Waals surface area contributed by atoms with Crippen molar-refractivity contribution in [1.29, 1.82) is 0 Å². The van der Waals surface area contributed by atoms with Crippen LogP contribution in [0, 0.1) is 0 Å². The van der Waals surface area contributed by atoms with Gasteiger partial charge in [0.1, 0.15) is 11.7 Å². The van der Waals surface area contributed by atoms with Crippen molar-refractivity contribution in [3.05, 3.63) is 29.6 Å². The lowest BCUT2D eigenvalue weighted by atomic mass is 10.2. The number of methoxy groups -OCH3 is 1. The molecule has 1 rings (SSSR count). The van der Waals surface area contributed by atoms with E-state index in [1.54, 1.807) is 6.07 Å². The number of nitrogens with two attached hydrogens (primary N) is 1. The highest BCUT2D eigenvalue weighted by Crippen LogP contribution is 2.00. The van der Waals surface area contributed by atoms with Crippen LogP contribution in [0.15, 0.2) is 18.3 Å². The van der Waals surface area contributed by atoms with E-state index in [4.69, 9.17) is 15.6 Å². The maximum Gasteiger partial charge on any atom is 0.354 e. The Morgan fingerprint density at radius 2 is 2.28 bits per heavy atom. The van der Waals surface area contributed by atoms with Crippen LogP contribution in [0.5, 0.6) is 0 Å². The Morgan fingerprint density at radius 3 is 2.78 bits per heavy atom. The highest BCUT2D eigenvalue weighted by atomic mass is 16.5. The van der Waals surface area contributed by atoms with E-state index < -0.39 is 12.0 Å². The number of nitrogens with zero attached hydrogens (tertiary/aromatic N) is 1. The van der Waals surface area contributed by atoms with Crippen molar-refractivity contribution in [2.75, 3.05) is 13.7 Å². The number of aromatic carboxylic acids is 1. The lowest BCUT2D eigenvalue weighted by molar-refractivity contribution is -0.123. The van der Waals surface area contributed by atoms with Crippen LogP contribution in [0.4, 0.5) is 0 Å². The number of amides is 1. The maximum atomic E-state index is 11.5. The molecule has 4 N–H and O–H groups in total. The van der Waals surface area contributed by atoms with E-state index in [-0.39, 0.29) is 24.8 Å². The number of ether oxygens (including phenoxy) is 1. The van der Waals surface area contributed by atoms with Crippen molar-refractivity contribution in [2.45, 2.75) is 12.6 Å². The highest BCUT2D eigenvalue weighted by molar-refractivity contribution is 5.85. The number of aromatic nitrogens is 1. The summed E-state index contributed by atoms with van der Waals surface area (Å²) in [7, 11) is 1.46. The Morgan fingerprint density at radius 1 is 1.56 bits per heavy atom. The topological polar surface area (TPSA) is 115 Å². The average Bonchev–Trinajstić information content (AvgIpc) is 2.36. The number of hydrogen-bond acceptors (Lipinski definition) is 5. The summed E-state index contributed by atoms with van der Waals surface area (Å²) in [5.74, 6) is -1.42. The molecule has 0 aromatic carbocycles. The van der Waals surface area contributed by atoms with Crippen LogP contribution in [0.1, 0.15) is 16.1 Å². The molecule has 0 saturated carbocycles. The zero-order valence-corrected chi connectivity index (χ0v) is 9.92. The minimum Gasteiger partial charge on any atom is -0.477 e. The first-order chi connectivity index (χ1) is 8.54. The van der Waals surface area contributed by atoms with E-state index in [1.165, 1.54) is 19.4 Å². The van der Waals surface area contributed by atoms with Crippen LogP contribution in [0.3, 0.4) is 0 Å². The van der Waals surface area contributed by atoms with Gasteiger partial charge in [0.2, 0.25) is 5.91 Å². The lowest BCUT2D eigenvalue weighted by Gasteiger charge is -2.11. The van der Waals surface area contributed by atoms with Gasteiger partial charge in [-0.2, -0.15) is 0 Å². The number of carboxylic acids is 1. The minimum absolute atomic E-state index is 0.0406. The van der Waals surface area contributed by atoms with Crippen molar-refractivity contribution in [1.82, 2.24) is 10.3 Å². The normalized spacial score (nSPS) is 11.9. The summed E-state index contributed by atoms with van der Waals surface area (Å²) < 4.78 is 4.76. The van der Waals surface area contributed by atoms with Gasteiger partial charge in [0, 0.05) is 19.9 Å². The van der Waals surface area contributed by atoms with Gasteiger partial charge in [-0.1, -0.05) is 6.07 Å². The quantitative estimate of drug-likeness (QED) is 0.622. The molecule has 98 valence electrons. The van der Waals surface area contributed by atoms with Crippen LogP contribution in [-0.4, -0.2) is 41.7 Å². The molecule has 1 aromatic heterocycles. The van der Waals surface area contributed by atoms with Crippen LogP contribution in [0.25, 0.3) is 0 Å². The first-order valence-corrected chi connectivity index (χ1v) is 5.25. The van der Waals surface area contributed by atoms with Gasteiger partial charge < -0.3 is 20.9 Å². The molecule has 0 radical (unpaired) electrons. The standard InChI is InChI=1S/C11H15N3O4/c1-18-6-8(12)10(15)14-5-7-2-3-9(11(16)17)13-4-7/h2-4,8H,5-6,12H2,1H3,(H,14,15)(H,16,17). The third-order valence-corrected chi connectivity index (χ3v) is 2.19. The fourth-order valence-electron chi connectivity index (χ4n) is 1.23. The van der Waals surface area contributed by atoms with Gasteiger partial charge in [0.15, 0.2) is 0 Å². The van der Waals surface area contributed by atoms with E-state index in [1.807, 2.05) is 0 Å². The summed E-state index contributed by atoms with van der Waals surface area (Å²) >= 11 is 0. The smallest absolute Gasteiger partial charge is 0.354 e. The third kappa shape index (κ3) is 4.11. The van der Waals surface area contributed by atoms with Crippen molar-refractivity contribution < 1.29 is 19.4 Å². The molecule has 7 heteroatoms. The maximum absolute atomic E-state index is 11.5. The molecule has 0 aliphatic rings. The van der Waals surface area contributed by atoms with Gasteiger partial charge in [0.05, 0.1) is 6.61 Å². The second-order valence-corrected chi connectivity index (χ2v) is 3.64. The van der Waals surface area contributed by atoms with Crippen LogP contribution in [0.2, 0.25) is 0 Å². The molecule has 0 spiro atoms. The second-order valence-electron chi connectivity index (χ2n) is 3.64. The number of carbonyl (C=O) groups excluding carboxylic acids is 1. The molecule has 1 unspecified atom stereocenters. The van der Waals surface area contributed by atoms with Crippen LogP contribution < -0.4 is 11.1 Å². The molecule has 1 atom stereocenters. The fourth-order valence-corrected chi connectivity index (χ4v) is 1.23. The van der Waals surface area contributed by atoms with Crippen molar-refractivity contribution in [3.63, 3.8) is 0 Å². The molecule has 0 aliphatic carbocycles. The summed E-state index contributed by atoms with van der Waals surface area (Å²) in [4.78, 5) is 25.8. The Labute approximate surface area is 104 Å². The fraction of sp³-hybridized carbons (Fsp3) is 0.364. The summed E-state index contributed by atoms with van der Waals surface area (Å²) in [6.45, 7) is 0.380. The molecule has 0 aliphatic heterocycles. The zero-order chi connectivity index (χ0) is 13.5. The molecular weight excluding hydrogens is 238 g/mol. The average molecular weight is 253 g/mol. The molecule has 0 bridgehead atoms. The van der Waals surface area contributed by atoms with E-state index in [0.717, 1.165) is 0 Å². The Hall–Kier alpha value is -1.99. The van der Waals surface area contributed by atoms with Crippen LogP contribution in [-0.2, 0) is 16.1 Å². The second kappa shape index (κ2) is 6.67. The van der Waals surface area contributed by atoms with Gasteiger partial charge in [-0.05, 0) is 11.6 Å². The van der Waals surface area contributed by atoms with Crippen molar-refractivity contribution in [3.8, 4) is 0 Å². The van der Waals surface area contributed by atoms with E-state index >= 15 is 0 Å². The Bertz CT molecular complexity index is 419. The largest absolute Gasteiger partial charge is 0.477 e. The van der Waals surface area contributed by atoms with Gasteiger partial charge in [-0.3, -0.25) is 4.79 Å². The molecular formula is C11H15N3O4. The van der Waals surface area contributed by atoms with Gasteiger partial charge in [-0.25, -0.2) is 9.78 Å². The third-order valence-electron chi connectivity index (χ3n) is 2.19. The molecule has 0 saturated heterocycles. The predicted octanol–water partition coefficient (Wildman–Crippen LogP) is -0.630. The summed E-state index contributed by atoms with van der Waals surface area (Å²) in [5.41, 5.74) is 6.18. The van der Waals surface area contributed by atoms with E-state index in [0.29, 0.717) is 5.56 Å². The number of rotatable bonds is 6. The summed E-state index contributed by atoms with van der Waals surface area (Å²) in [5, 5.41) is 11.3. The number of carboxylic acid groups (broad SMARTS) is 1. The minimum atomic E-state index is -1.09. The Kier molecular flexibility index (Phi) is 5.22. The number of pyridine rings is 1. The van der Waals surface area contributed by atoms with Crippen molar-refractivity contribution in [2.24, 2.45) is 5.73 Å². The zero-order valence-electron chi connectivity index (χ0n) is 9.92. The molecule has 1 amide bonds. The van der Waals surface area contributed by atoms with Crippen molar-refractivity contribution >= 4 is 11.9 Å². The Balaban J connectivity index is 2.48. The molecule has 1 aromatic rings. The van der Waals surface area contributed by atoms with E-state index in [9.17, 15) is 9.59 Å². The van der Waals surface area contributed by atoms with Gasteiger partial charge >= 0.3 is 5.97 Å². The monoisotopic (exact) mass is 253 g/mol. The SMILES string of the molecule is COCC(N)C(=O)NCc1ccc(C(=O)O)nc1. The molecule has 0 fully saturated rings. The highest BCUT2D eigenvalue weighted by Gasteiger charge is 2.12. The molecule has 1 heterocycles.